The SMILES string of the molecule is COc1cc(C=NNC(=O)c2ccc3c(c2)OCO3)ccc1OCc1ccc(C)cc1. The first-order valence-electron chi connectivity index (χ1n) is 9.72. The van der Waals surface area contributed by atoms with E-state index in [4.69, 9.17) is 18.9 Å². The summed E-state index contributed by atoms with van der Waals surface area (Å²) in [7, 11) is 1.58. The zero-order valence-electron chi connectivity index (χ0n) is 17.3. The van der Waals surface area contributed by atoms with Gasteiger partial charge >= 0.3 is 0 Å². The average molecular weight is 418 g/mol. The monoisotopic (exact) mass is 418 g/mol. The van der Waals surface area contributed by atoms with E-state index < -0.39 is 0 Å². The van der Waals surface area contributed by atoms with E-state index >= 15 is 0 Å². The fourth-order valence-corrected chi connectivity index (χ4v) is 3.00. The maximum atomic E-state index is 12.3. The molecule has 7 nitrogen and oxygen atoms in total. The number of aryl methyl sites for hydroxylation is 1. The van der Waals surface area contributed by atoms with Crippen LogP contribution in [0.2, 0.25) is 0 Å². The molecule has 0 unspecified atom stereocenters. The van der Waals surface area contributed by atoms with Crippen LogP contribution in [0, 0.1) is 6.92 Å². The molecule has 0 aromatic heterocycles. The minimum absolute atomic E-state index is 0.158. The van der Waals surface area contributed by atoms with E-state index in [-0.39, 0.29) is 12.7 Å². The summed E-state index contributed by atoms with van der Waals surface area (Å²) in [5.41, 5.74) is 5.97. The van der Waals surface area contributed by atoms with Crippen LogP contribution >= 0.6 is 0 Å². The summed E-state index contributed by atoms with van der Waals surface area (Å²) >= 11 is 0. The number of hydrazone groups is 1. The van der Waals surface area contributed by atoms with Gasteiger partial charge in [-0.15, -0.1) is 0 Å². The second-order valence-corrected chi connectivity index (χ2v) is 6.95. The molecule has 158 valence electrons. The van der Waals surface area contributed by atoms with Crippen molar-refractivity contribution >= 4 is 12.1 Å². The molecular weight excluding hydrogens is 396 g/mol. The molecule has 3 aromatic rings. The molecule has 31 heavy (non-hydrogen) atoms. The molecule has 0 spiro atoms. The van der Waals surface area contributed by atoms with Crippen molar-refractivity contribution in [1.82, 2.24) is 5.43 Å². The fourth-order valence-electron chi connectivity index (χ4n) is 3.00. The third kappa shape index (κ3) is 4.95. The Kier molecular flexibility index (Phi) is 6.03. The highest BCUT2D eigenvalue weighted by molar-refractivity contribution is 5.95. The van der Waals surface area contributed by atoms with Crippen LogP contribution in [-0.2, 0) is 6.61 Å². The van der Waals surface area contributed by atoms with Gasteiger partial charge in [0.05, 0.1) is 13.3 Å². The summed E-state index contributed by atoms with van der Waals surface area (Å²) in [5.74, 6) is 2.03. The zero-order valence-corrected chi connectivity index (χ0v) is 17.3. The lowest BCUT2D eigenvalue weighted by molar-refractivity contribution is 0.0954. The third-order valence-electron chi connectivity index (χ3n) is 4.72. The minimum Gasteiger partial charge on any atom is -0.493 e. The van der Waals surface area contributed by atoms with Crippen LogP contribution in [0.5, 0.6) is 23.0 Å². The van der Waals surface area contributed by atoms with Crippen molar-refractivity contribution in [2.45, 2.75) is 13.5 Å². The number of nitrogens with one attached hydrogen (secondary N) is 1. The molecule has 4 rings (SSSR count). The van der Waals surface area contributed by atoms with Gasteiger partial charge in [-0.05, 0) is 54.4 Å². The summed E-state index contributed by atoms with van der Waals surface area (Å²) in [5, 5.41) is 4.03. The molecule has 0 atom stereocenters. The first kappa shape index (κ1) is 20.3. The van der Waals surface area contributed by atoms with Gasteiger partial charge < -0.3 is 18.9 Å². The Morgan fingerprint density at radius 1 is 1.03 bits per heavy atom. The van der Waals surface area contributed by atoms with Crippen LogP contribution in [-0.4, -0.2) is 26.0 Å². The number of hydrogen-bond donors (Lipinski definition) is 1. The van der Waals surface area contributed by atoms with Gasteiger partial charge in [0, 0.05) is 5.56 Å². The van der Waals surface area contributed by atoms with Crippen molar-refractivity contribution in [3.05, 3.63) is 82.9 Å². The Morgan fingerprint density at radius 2 is 1.84 bits per heavy atom. The van der Waals surface area contributed by atoms with Crippen molar-refractivity contribution in [3.63, 3.8) is 0 Å². The predicted octanol–water partition coefficient (Wildman–Crippen LogP) is 4.08. The topological polar surface area (TPSA) is 78.4 Å². The molecule has 3 aromatic carbocycles. The van der Waals surface area contributed by atoms with E-state index in [1.165, 1.54) is 11.8 Å². The standard InChI is InChI=1S/C24H22N2O5/c1-16-3-5-17(6-4-16)14-29-20-9-7-18(11-22(20)28-2)13-25-26-24(27)19-8-10-21-23(12-19)31-15-30-21/h3-13H,14-15H2,1-2H3,(H,26,27). The molecule has 0 fully saturated rings. The van der Waals surface area contributed by atoms with Gasteiger partial charge in [-0.1, -0.05) is 29.8 Å². The number of rotatable bonds is 7. The molecule has 1 amide bonds. The van der Waals surface area contributed by atoms with Crippen molar-refractivity contribution < 1.29 is 23.7 Å². The summed E-state index contributed by atoms with van der Waals surface area (Å²) in [6, 6.07) is 18.6. The van der Waals surface area contributed by atoms with E-state index in [0.29, 0.717) is 35.2 Å². The van der Waals surface area contributed by atoms with Crippen LogP contribution in [0.25, 0.3) is 0 Å². The van der Waals surface area contributed by atoms with Crippen LogP contribution in [0.3, 0.4) is 0 Å². The van der Waals surface area contributed by atoms with E-state index in [9.17, 15) is 4.79 Å². The molecule has 0 bridgehead atoms. The first-order valence-corrected chi connectivity index (χ1v) is 9.72. The van der Waals surface area contributed by atoms with Gasteiger partial charge in [-0.2, -0.15) is 5.10 Å². The lowest BCUT2D eigenvalue weighted by atomic mass is 10.2. The van der Waals surface area contributed by atoms with Gasteiger partial charge in [0.1, 0.15) is 6.61 Å². The maximum absolute atomic E-state index is 12.3. The van der Waals surface area contributed by atoms with Crippen LogP contribution in [0.4, 0.5) is 0 Å². The zero-order chi connectivity index (χ0) is 21.6. The molecule has 7 heteroatoms. The highest BCUT2D eigenvalue weighted by Gasteiger charge is 2.15. The number of carbonyl (C=O) groups is 1. The summed E-state index contributed by atoms with van der Waals surface area (Å²) in [4.78, 5) is 12.3. The molecule has 0 saturated heterocycles. The highest BCUT2D eigenvalue weighted by Crippen LogP contribution is 2.32. The number of methoxy groups -OCH3 is 1. The van der Waals surface area contributed by atoms with E-state index in [1.807, 2.05) is 43.3 Å². The van der Waals surface area contributed by atoms with Gasteiger partial charge in [-0.3, -0.25) is 4.79 Å². The van der Waals surface area contributed by atoms with Crippen LogP contribution < -0.4 is 24.4 Å². The number of carbonyl (C=O) groups excluding carboxylic acids is 1. The molecular formula is C24H22N2O5. The minimum atomic E-state index is -0.348. The molecule has 0 radical (unpaired) electrons. The predicted molar refractivity (Wildman–Crippen MR) is 116 cm³/mol. The Bertz CT molecular complexity index is 1110. The van der Waals surface area contributed by atoms with Gasteiger partial charge in [0.2, 0.25) is 6.79 Å². The van der Waals surface area contributed by atoms with Gasteiger partial charge in [-0.25, -0.2) is 5.43 Å². The van der Waals surface area contributed by atoms with E-state index in [1.54, 1.807) is 31.4 Å². The number of hydrogen-bond acceptors (Lipinski definition) is 6. The summed E-state index contributed by atoms with van der Waals surface area (Å²) in [6.45, 7) is 2.65. The maximum Gasteiger partial charge on any atom is 0.271 e. The van der Waals surface area contributed by atoms with E-state index in [2.05, 4.69) is 10.5 Å². The Labute approximate surface area is 180 Å². The number of benzene rings is 3. The first-order chi connectivity index (χ1) is 15.1. The quantitative estimate of drug-likeness (QED) is 0.462. The lowest BCUT2D eigenvalue weighted by Crippen LogP contribution is -2.17. The number of amides is 1. The van der Waals surface area contributed by atoms with E-state index in [0.717, 1.165) is 11.1 Å². The highest BCUT2D eigenvalue weighted by atomic mass is 16.7. The average Bonchev–Trinajstić information content (AvgIpc) is 3.27. The summed E-state index contributed by atoms with van der Waals surface area (Å²) in [6.07, 6.45) is 1.54. The largest absolute Gasteiger partial charge is 0.493 e. The second kappa shape index (κ2) is 9.21. The summed E-state index contributed by atoms with van der Waals surface area (Å²) < 4.78 is 21.8. The molecule has 1 aliphatic heterocycles. The fraction of sp³-hybridized carbons (Fsp3) is 0.167. The van der Waals surface area contributed by atoms with Crippen molar-refractivity contribution in [1.29, 1.82) is 0 Å². The number of fused-ring (bicyclic) bond motifs is 1. The molecule has 0 saturated carbocycles. The van der Waals surface area contributed by atoms with Crippen molar-refractivity contribution in [2.24, 2.45) is 5.10 Å². The normalized spacial score (nSPS) is 12.1. The van der Waals surface area contributed by atoms with Crippen molar-refractivity contribution in [3.8, 4) is 23.0 Å². The molecule has 1 N–H and O–H groups in total. The second-order valence-electron chi connectivity index (χ2n) is 6.95. The Balaban J connectivity index is 1.37. The molecule has 0 aliphatic carbocycles. The van der Waals surface area contributed by atoms with Crippen molar-refractivity contribution in [2.75, 3.05) is 13.9 Å². The Hall–Kier alpha value is -4.00. The van der Waals surface area contributed by atoms with Crippen LogP contribution in [0.15, 0.2) is 65.8 Å². The third-order valence-corrected chi connectivity index (χ3v) is 4.72. The number of nitrogens with zero attached hydrogens (tertiary/aromatic N) is 1. The van der Waals surface area contributed by atoms with Gasteiger partial charge in [0.25, 0.3) is 5.91 Å². The lowest BCUT2D eigenvalue weighted by Gasteiger charge is -2.11. The van der Waals surface area contributed by atoms with Gasteiger partial charge in [0.15, 0.2) is 23.0 Å². The molecule has 1 aliphatic rings. The number of ether oxygens (including phenoxy) is 4. The van der Waals surface area contributed by atoms with Crippen LogP contribution in [0.1, 0.15) is 27.0 Å². The molecule has 1 heterocycles. The smallest absolute Gasteiger partial charge is 0.271 e. The Morgan fingerprint density at radius 3 is 2.65 bits per heavy atom.